The van der Waals surface area contributed by atoms with Gasteiger partial charge in [0.1, 0.15) is 0 Å². The molecule has 3 heteroatoms. The highest BCUT2D eigenvalue weighted by Crippen LogP contribution is 2.18. The first-order chi connectivity index (χ1) is 7.75. The average molecular weight is 233 g/mol. The van der Waals surface area contributed by atoms with Gasteiger partial charge in [-0.2, -0.15) is 0 Å². The molecule has 0 saturated carbocycles. The number of nitrogens with two attached hydrogens (primary N) is 1. The molecule has 2 N–H and O–H groups in total. The van der Waals surface area contributed by atoms with Crippen molar-refractivity contribution in [2.45, 2.75) is 6.54 Å². The van der Waals surface area contributed by atoms with Crippen LogP contribution in [0.1, 0.15) is 5.56 Å². The molecule has 2 rings (SSSR count). The SMILES string of the molecule is NN(Cc1ccccc1)c1cccc(Cl)c1. The monoisotopic (exact) mass is 232 g/mol. The van der Waals surface area contributed by atoms with Gasteiger partial charge < -0.3 is 5.01 Å². The summed E-state index contributed by atoms with van der Waals surface area (Å²) in [5.74, 6) is 5.97. The first kappa shape index (κ1) is 11.0. The minimum atomic E-state index is 0.668. The van der Waals surface area contributed by atoms with Gasteiger partial charge in [-0.05, 0) is 23.8 Å². The number of benzene rings is 2. The van der Waals surface area contributed by atoms with E-state index in [2.05, 4.69) is 0 Å². The molecule has 0 amide bonds. The zero-order chi connectivity index (χ0) is 11.4. The van der Waals surface area contributed by atoms with Crippen molar-refractivity contribution in [3.63, 3.8) is 0 Å². The molecule has 0 radical (unpaired) electrons. The zero-order valence-electron chi connectivity index (χ0n) is 8.81. The molecule has 0 unspecified atom stereocenters. The molecule has 2 nitrogen and oxygen atoms in total. The minimum Gasteiger partial charge on any atom is -0.307 e. The summed E-state index contributed by atoms with van der Waals surface area (Å²) in [6.07, 6.45) is 0. The van der Waals surface area contributed by atoms with Gasteiger partial charge in [0.2, 0.25) is 0 Å². The second kappa shape index (κ2) is 5.01. The predicted octanol–water partition coefficient (Wildman–Crippen LogP) is 3.22. The van der Waals surface area contributed by atoms with Crippen LogP contribution in [0.2, 0.25) is 5.02 Å². The topological polar surface area (TPSA) is 29.3 Å². The summed E-state index contributed by atoms with van der Waals surface area (Å²) >= 11 is 5.91. The summed E-state index contributed by atoms with van der Waals surface area (Å²) in [4.78, 5) is 0. The van der Waals surface area contributed by atoms with Gasteiger partial charge >= 0.3 is 0 Å². The lowest BCUT2D eigenvalue weighted by molar-refractivity contribution is 0.853. The van der Waals surface area contributed by atoms with Gasteiger partial charge in [-0.1, -0.05) is 48.0 Å². The molecule has 2 aromatic rings. The normalized spacial score (nSPS) is 10.1. The fourth-order valence-electron chi connectivity index (χ4n) is 1.53. The van der Waals surface area contributed by atoms with Crippen molar-refractivity contribution in [3.8, 4) is 0 Å². The standard InChI is InChI=1S/C13H13ClN2/c14-12-7-4-8-13(9-12)16(15)10-11-5-2-1-3-6-11/h1-9H,10,15H2. The van der Waals surface area contributed by atoms with E-state index in [-0.39, 0.29) is 0 Å². The van der Waals surface area contributed by atoms with E-state index in [9.17, 15) is 0 Å². The summed E-state index contributed by atoms with van der Waals surface area (Å²) < 4.78 is 0. The number of hydrogen-bond donors (Lipinski definition) is 1. The Morgan fingerprint density at radius 1 is 1.00 bits per heavy atom. The molecule has 0 aliphatic heterocycles. The summed E-state index contributed by atoms with van der Waals surface area (Å²) in [6.45, 7) is 0.668. The van der Waals surface area contributed by atoms with Gasteiger partial charge in [0, 0.05) is 5.02 Å². The predicted molar refractivity (Wildman–Crippen MR) is 68.3 cm³/mol. The maximum atomic E-state index is 5.97. The van der Waals surface area contributed by atoms with Gasteiger partial charge in [0.05, 0.1) is 12.2 Å². The minimum absolute atomic E-state index is 0.668. The van der Waals surface area contributed by atoms with Crippen molar-refractivity contribution in [2.75, 3.05) is 5.01 Å². The van der Waals surface area contributed by atoms with Crippen LogP contribution in [0.5, 0.6) is 0 Å². The largest absolute Gasteiger partial charge is 0.307 e. The lowest BCUT2D eigenvalue weighted by Crippen LogP contribution is -2.29. The molecule has 82 valence electrons. The van der Waals surface area contributed by atoms with Crippen LogP contribution in [0, 0.1) is 0 Å². The van der Waals surface area contributed by atoms with Gasteiger partial charge in [0.25, 0.3) is 0 Å². The Kier molecular flexibility index (Phi) is 3.44. The number of anilines is 1. The fraction of sp³-hybridized carbons (Fsp3) is 0.0769. The van der Waals surface area contributed by atoms with E-state index in [1.165, 1.54) is 5.56 Å². The number of halogens is 1. The summed E-state index contributed by atoms with van der Waals surface area (Å²) in [6, 6.07) is 17.6. The highest BCUT2D eigenvalue weighted by atomic mass is 35.5. The van der Waals surface area contributed by atoms with Crippen LogP contribution in [-0.4, -0.2) is 0 Å². The first-order valence-electron chi connectivity index (χ1n) is 5.07. The maximum Gasteiger partial charge on any atom is 0.0592 e. The third kappa shape index (κ3) is 2.75. The van der Waals surface area contributed by atoms with E-state index >= 15 is 0 Å². The number of nitrogens with zero attached hydrogens (tertiary/aromatic N) is 1. The van der Waals surface area contributed by atoms with E-state index in [0.717, 1.165) is 5.69 Å². The van der Waals surface area contributed by atoms with Gasteiger partial charge in [-0.15, -0.1) is 0 Å². The van der Waals surface area contributed by atoms with Gasteiger partial charge in [-0.25, -0.2) is 5.84 Å². The maximum absolute atomic E-state index is 5.97. The molecule has 0 bridgehead atoms. The lowest BCUT2D eigenvalue weighted by atomic mass is 10.2. The molecule has 16 heavy (non-hydrogen) atoms. The second-order valence-corrected chi connectivity index (χ2v) is 4.03. The quantitative estimate of drug-likeness (QED) is 0.650. The Balaban J connectivity index is 2.12. The Hall–Kier alpha value is -1.51. The van der Waals surface area contributed by atoms with Crippen LogP contribution in [0.3, 0.4) is 0 Å². The molecule has 0 fully saturated rings. The van der Waals surface area contributed by atoms with Crippen molar-refractivity contribution in [2.24, 2.45) is 5.84 Å². The molecule has 0 heterocycles. The second-order valence-electron chi connectivity index (χ2n) is 3.59. The van der Waals surface area contributed by atoms with Crippen molar-refractivity contribution < 1.29 is 0 Å². The lowest BCUT2D eigenvalue weighted by Gasteiger charge is -2.18. The van der Waals surface area contributed by atoms with Crippen LogP contribution in [-0.2, 0) is 6.54 Å². The Labute approximate surface area is 100 Å². The van der Waals surface area contributed by atoms with Gasteiger partial charge in [0.15, 0.2) is 0 Å². The fourth-order valence-corrected chi connectivity index (χ4v) is 1.71. The van der Waals surface area contributed by atoms with E-state index in [4.69, 9.17) is 17.4 Å². The van der Waals surface area contributed by atoms with Crippen molar-refractivity contribution in [1.29, 1.82) is 0 Å². The van der Waals surface area contributed by atoms with Crippen LogP contribution < -0.4 is 10.9 Å². The first-order valence-corrected chi connectivity index (χ1v) is 5.45. The Bertz CT molecular complexity index is 456. The molecule has 0 aromatic heterocycles. The van der Waals surface area contributed by atoms with Crippen molar-refractivity contribution >= 4 is 17.3 Å². The van der Waals surface area contributed by atoms with Crippen LogP contribution in [0.25, 0.3) is 0 Å². The number of hydrazine groups is 1. The van der Waals surface area contributed by atoms with Gasteiger partial charge in [-0.3, -0.25) is 0 Å². The van der Waals surface area contributed by atoms with E-state index in [0.29, 0.717) is 11.6 Å². The molecule has 0 spiro atoms. The van der Waals surface area contributed by atoms with E-state index in [1.54, 1.807) is 5.01 Å². The average Bonchev–Trinajstić information content (AvgIpc) is 2.30. The molecule has 2 aromatic carbocycles. The summed E-state index contributed by atoms with van der Waals surface area (Å²) in [5, 5.41) is 2.38. The van der Waals surface area contributed by atoms with E-state index < -0.39 is 0 Å². The van der Waals surface area contributed by atoms with Crippen LogP contribution in [0.4, 0.5) is 5.69 Å². The number of rotatable bonds is 3. The Morgan fingerprint density at radius 3 is 2.44 bits per heavy atom. The number of hydrogen-bond acceptors (Lipinski definition) is 2. The van der Waals surface area contributed by atoms with Crippen LogP contribution in [0.15, 0.2) is 54.6 Å². The molecule has 0 saturated heterocycles. The molecular formula is C13H13ClN2. The molecule has 0 atom stereocenters. The third-order valence-corrected chi connectivity index (χ3v) is 2.57. The molecule has 0 aliphatic carbocycles. The summed E-state index contributed by atoms with van der Waals surface area (Å²) in [5.41, 5.74) is 2.08. The Morgan fingerprint density at radius 2 is 1.75 bits per heavy atom. The van der Waals surface area contributed by atoms with E-state index in [1.807, 2.05) is 54.6 Å². The molecule has 0 aliphatic rings. The highest BCUT2D eigenvalue weighted by molar-refractivity contribution is 6.30. The van der Waals surface area contributed by atoms with Crippen molar-refractivity contribution in [1.82, 2.24) is 0 Å². The molecular weight excluding hydrogens is 220 g/mol. The third-order valence-electron chi connectivity index (χ3n) is 2.34. The van der Waals surface area contributed by atoms with Crippen molar-refractivity contribution in [3.05, 3.63) is 65.2 Å². The van der Waals surface area contributed by atoms with Crippen LogP contribution >= 0.6 is 11.6 Å². The smallest absolute Gasteiger partial charge is 0.0592 e. The highest BCUT2D eigenvalue weighted by Gasteiger charge is 2.02. The summed E-state index contributed by atoms with van der Waals surface area (Å²) in [7, 11) is 0. The zero-order valence-corrected chi connectivity index (χ0v) is 9.56.